The molecule has 33 heavy (non-hydrogen) atoms. The predicted octanol–water partition coefficient (Wildman–Crippen LogP) is 3.14. The zero-order chi connectivity index (χ0) is 23.4. The Morgan fingerprint density at radius 2 is 0.727 bits per heavy atom. The van der Waals surface area contributed by atoms with Crippen molar-refractivity contribution in [2.45, 2.75) is 0 Å². The molecule has 4 rings (SSSR count). The molecule has 3 N–H and O–H groups in total. The Hall–Kier alpha value is -3.40. The summed E-state index contributed by atoms with van der Waals surface area (Å²) in [5.41, 5.74) is 0.308. The summed E-state index contributed by atoms with van der Waals surface area (Å²) >= 11 is 0. The van der Waals surface area contributed by atoms with Gasteiger partial charge in [-0.3, -0.25) is 0 Å². The summed E-state index contributed by atoms with van der Waals surface area (Å²) < 4.78 is 0. The number of carbonyl (C=O) groups excluding carboxylic acids is 1. The SMILES string of the molecule is O=C(O)c1ccc(C(=O)O)c2ccccc12.O=C([O-])c1ccc(C(=O)O)c2ccccc12.[Th]. The van der Waals surface area contributed by atoms with Gasteiger partial charge in [-0.1, -0.05) is 54.6 Å². The molecular formula is C24H15O8Th-. The van der Waals surface area contributed by atoms with Crippen LogP contribution in [0.15, 0.2) is 72.8 Å². The van der Waals surface area contributed by atoms with Crippen molar-refractivity contribution in [1.29, 1.82) is 0 Å². The Kier molecular flexibility index (Phi) is 8.59. The summed E-state index contributed by atoms with van der Waals surface area (Å²) in [5.74, 6) is -4.52. The van der Waals surface area contributed by atoms with E-state index in [0.717, 1.165) is 0 Å². The molecule has 4 aromatic carbocycles. The van der Waals surface area contributed by atoms with Crippen molar-refractivity contribution in [3.63, 3.8) is 0 Å². The molecule has 4 aromatic rings. The largest absolute Gasteiger partial charge is 0.545 e. The third-order valence-corrected chi connectivity index (χ3v) is 4.76. The second-order valence-electron chi connectivity index (χ2n) is 6.62. The van der Waals surface area contributed by atoms with E-state index in [-0.39, 0.29) is 62.2 Å². The van der Waals surface area contributed by atoms with Crippen molar-refractivity contribution in [3.8, 4) is 0 Å². The molecule has 164 valence electrons. The molecule has 0 aliphatic heterocycles. The second kappa shape index (κ2) is 11.0. The van der Waals surface area contributed by atoms with Gasteiger partial charge in [-0.2, -0.15) is 0 Å². The minimum absolute atomic E-state index is 0. The van der Waals surface area contributed by atoms with Crippen LogP contribution >= 0.6 is 0 Å². The van der Waals surface area contributed by atoms with Gasteiger partial charge in [0.2, 0.25) is 0 Å². The maximum absolute atomic E-state index is 10.9. The van der Waals surface area contributed by atoms with Gasteiger partial charge < -0.3 is 25.2 Å². The van der Waals surface area contributed by atoms with Gasteiger partial charge in [0.25, 0.3) is 0 Å². The number of benzene rings is 4. The summed E-state index contributed by atoms with van der Waals surface area (Å²) in [5, 5.41) is 39.4. The third kappa shape index (κ3) is 5.51. The maximum atomic E-state index is 10.9. The molecule has 0 aromatic heterocycles. The zero-order valence-corrected chi connectivity index (χ0v) is 20.9. The topological polar surface area (TPSA) is 152 Å². The standard InChI is InChI=1S/2C12H8O4.Th/c2*13-11(14)9-5-6-10(12(15)16)8-4-2-1-3-7(8)9;/h2*1-6H,(H,13,14)(H,15,16);/p-1. The number of carboxylic acid groups (broad SMARTS) is 4. The molecule has 0 unspecified atom stereocenters. The Labute approximate surface area is 218 Å². The number of carboxylic acids is 4. The number of hydrogen-bond acceptors (Lipinski definition) is 5. The van der Waals surface area contributed by atoms with E-state index in [9.17, 15) is 24.3 Å². The van der Waals surface area contributed by atoms with Gasteiger partial charge in [0, 0.05) is 45.5 Å². The minimum atomic E-state index is -1.31. The Morgan fingerprint density at radius 3 is 0.970 bits per heavy atom. The summed E-state index contributed by atoms with van der Waals surface area (Å²) in [6.07, 6.45) is 0. The fourth-order valence-corrected chi connectivity index (χ4v) is 3.34. The molecule has 0 heterocycles. The van der Waals surface area contributed by atoms with Gasteiger partial charge in [-0.15, -0.1) is 0 Å². The fourth-order valence-electron chi connectivity index (χ4n) is 3.34. The van der Waals surface area contributed by atoms with Gasteiger partial charge in [0.15, 0.2) is 0 Å². The first-order valence-corrected chi connectivity index (χ1v) is 9.17. The van der Waals surface area contributed by atoms with E-state index in [0.29, 0.717) is 21.5 Å². The van der Waals surface area contributed by atoms with Gasteiger partial charge in [-0.25, -0.2) is 14.4 Å². The number of carbonyl (C=O) groups is 4. The van der Waals surface area contributed by atoms with E-state index in [2.05, 4.69) is 0 Å². The van der Waals surface area contributed by atoms with Crippen molar-refractivity contribution < 1.29 is 79.5 Å². The molecule has 0 spiro atoms. The molecular weight excluding hydrogens is 648 g/mol. The summed E-state index contributed by atoms with van der Waals surface area (Å²) in [7, 11) is 0. The van der Waals surface area contributed by atoms with E-state index in [1.807, 2.05) is 0 Å². The first kappa shape index (κ1) is 25.9. The predicted molar refractivity (Wildman–Crippen MR) is 113 cm³/mol. The van der Waals surface area contributed by atoms with Crippen molar-refractivity contribution in [2.24, 2.45) is 0 Å². The Morgan fingerprint density at radius 1 is 0.485 bits per heavy atom. The van der Waals surface area contributed by atoms with Gasteiger partial charge in [0.1, 0.15) is 0 Å². The monoisotopic (exact) mass is 663 g/mol. The van der Waals surface area contributed by atoms with Gasteiger partial charge in [0.05, 0.1) is 22.7 Å². The second-order valence-corrected chi connectivity index (χ2v) is 6.62. The number of hydrogen-bond donors (Lipinski definition) is 3. The first-order chi connectivity index (χ1) is 15.2. The van der Waals surface area contributed by atoms with Crippen LogP contribution in [0.5, 0.6) is 0 Å². The molecule has 0 bridgehead atoms. The fraction of sp³-hybridized carbons (Fsp3) is 0. The first-order valence-electron chi connectivity index (χ1n) is 9.17. The van der Waals surface area contributed by atoms with E-state index in [4.69, 9.17) is 15.3 Å². The minimum Gasteiger partial charge on any atom is -0.545 e. The van der Waals surface area contributed by atoms with Crippen LogP contribution in [0.1, 0.15) is 41.4 Å². The smallest absolute Gasteiger partial charge is 0.336 e. The molecule has 0 radical (unpaired) electrons. The van der Waals surface area contributed by atoms with Crippen LogP contribution in [-0.2, 0) is 0 Å². The van der Waals surface area contributed by atoms with Crippen LogP contribution in [0.25, 0.3) is 21.5 Å². The zero-order valence-electron chi connectivity index (χ0n) is 16.8. The molecule has 0 fully saturated rings. The van der Waals surface area contributed by atoms with Crippen molar-refractivity contribution in [2.75, 3.05) is 0 Å². The number of aromatic carboxylic acids is 4. The summed E-state index contributed by atoms with van der Waals surface area (Å²) in [6.45, 7) is 0. The maximum Gasteiger partial charge on any atom is 0.336 e. The average molecular weight is 663 g/mol. The van der Waals surface area contributed by atoms with Crippen LogP contribution in [0.2, 0.25) is 0 Å². The van der Waals surface area contributed by atoms with Crippen molar-refractivity contribution in [3.05, 3.63) is 95.1 Å². The van der Waals surface area contributed by atoms with Gasteiger partial charge >= 0.3 is 17.9 Å². The number of rotatable bonds is 4. The van der Waals surface area contributed by atoms with E-state index >= 15 is 0 Å². The number of fused-ring (bicyclic) bond motifs is 2. The molecule has 8 nitrogen and oxygen atoms in total. The Balaban J connectivity index is 0.000000227. The van der Waals surface area contributed by atoms with Gasteiger partial charge in [-0.05, 0) is 39.7 Å². The van der Waals surface area contributed by atoms with E-state index in [1.165, 1.54) is 24.3 Å². The van der Waals surface area contributed by atoms with Crippen LogP contribution in [0.4, 0.5) is 0 Å². The normalized spacial score (nSPS) is 9.94. The van der Waals surface area contributed by atoms with E-state index < -0.39 is 23.9 Å². The molecule has 0 saturated carbocycles. The molecule has 0 saturated heterocycles. The quantitative estimate of drug-likeness (QED) is 0.301. The van der Waals surface area contributed by atoms with Crippen molar-refractivity contribution >= 4 is 45.4 Å². The average Bonchev–Trinajstić information content (AvgIpc) is 2.77. The molecule has 0 amide bonds. The Bertz CT molecular complexity index is 1180. The molecule has 0 aliphatic rings. The molecule has 0 aliphatic carbocycles. The van der Waals surface area contributed by atoms with E-state index in [1.54, 1.807) is 48.5 Å². The van der Waals surface area contributed by atoms with Crippen LogP contribution in [0.3, 0.4) is 0 Å². The van der Waals surface area contributed by atoms with Crippen molar-refractivity contribution in [1.82, 2.24) is 0 Å². The molecule has 0 atom stereocenters. The third-order valence-electron chi connectivity index (χ3n) is 4.76. The summed E-state index contributed by atoms with van der Waals surface area (Å²) in [4.78, 5) is 43.7. The summed E-state index contributed by atoms with van der Waals surface area (Å²) in [6, 6.07) is 18.2. The van der Waals surface area contributed by atoms with Crippen LogP contribution in [-0.4, -0.2) is 39.2 Å². The van der Waals surface area contributed by atoms with Crippen LogP contribution in [0, 0.1) is 39.9 Å². The molecule has 9 heteroatoms. The van der Waals surface area contributed by atoms with Crippen LogP contribution < -0.4 is 5.11 Å².